The van der Waals surface area contributed by atoms with Crippen LogP contribution >= 0.6 is 0 Å². The van der Waals surface area contributed by atoms with Gasteiger partial charge in [-0.15, -0.1) is 0 Å². The van der Waals surface area contributed by atoms with Crippen LogP contribution in [0.3, 0.4) is 0 Å². The lowest BCUT2D eigenvalue weighted by Gasteiger charge is -2.58. The highest BCUT2D eigenvalue weighted by Crippen LogP contribution is 2.67. The number of hydrogen-bond acceptors (Lipinski definition) is 2. The molecule has 0 saturated heterocycles. The number of allylic oxidation sites excluding steroid dienone is 1. The molecule has 41 heavy (non-hydrogen) atoms. The Balaban J connectivity index is 1.27. The van der Waals surface area contributed by atoms with E-state index in [2.05, 4.69) is 54.5 Å². The third-order valence-corrected chi connectivity index (χ3v) is 13.6. The average Bonchev–Trinajstić information content (AvgIpc) is 3.30. The van der Waals surface area contributed by atoms with Gasteiger partial charge in [0.2, 0.25) is 0 Å². The van der Waals surface area contributed by atoms with Crippen molar-refractivity contribution in [2.24, 2.45) is 52.3 Å². The second-order valence-corrected chi connectivity index (χ2v) is 16.3. The zero-order chi connectivity index (χ0) is 29.6. The van der Waals surface area contributed by atoms with Crippen molar-refractivity contribution in [3.63, 3.8) is 0 Å². The van der Waals surface area contributed by atoms with E-state index < -0.39 is 0 Å². The Kier molecular flexibility index (Phi) is 11.9. The molecule has 0 bridgehead atoms. The predicted octanol–water partition coefficient (Wildman–Crippen LogP) is 11.7. The minimum atomic E-state index is 0.0567. The van der Waals surface area contributed by atoms with Crippen LogP contribution in [0.15, 0.2) is 11.6 Å². The molecule has 0 aromatic heterocycles. The van der Waals surface area contributed by atoms with Crippen molar-refractivity contribution in [3.05, 3.63) is 11.6 Å². The molecule has 0 aromatic carbocycles. The van der Waals surface area contributed by atoms with Crippen LogP contribution in [-0.4, -0.2) is 12.1 Å². The fourth-order valence-corrected chi connectivity index (χ4v) is 10.4. The summed E-state index contributed by atoms with van der Waals surface area (Å²) in [5.74, 6) is 6.11. The van der Waals surface area contributed by atoms with E-state index in [-0.39, 0.29) is 12.1 Å². The standard InChI is InChI=1S/C39H68O2/c1-8-9-10-11-12-13-14-15-16-37(40)41-32-23-25-38(6)31(27-32)19-20-33-35-22-21-34(39(35,7)26-24-36(33)38)30(5)18-17-29(4)28(2)3/h19,28-30,32-36H,8-18,20-27H2,1-7H3. The zero-order valence-electron chi connectivity index (χ0n) is 28.4. The molecule has 0 aliphatic heterocycles. The minimum absolute atomic E-state index is 0.0567. The summed E-state index contributed by atoms with van der Waals surface area (Å²) in [4.78, 5) is 12.7. The maximum Gasteiger partial charge on any atom is 0.306 e. The van der Waals surface area contributed by atoms with Crippen LogP contribution in [0.5, 0.6) is 0 Å². The number of carbonyl (C=O) groups is 1. The first-order chi connectivity index (χ1) is 19.6. The summed E-state index contributed by atoms with van der Waals surface area (Å²) in [5, 5.41) is 0. The lowest BCUT2D eigenvalue weighted by molar-refractivity contribution is -0.151. The third-order valence-electron chi connectivity index (χ3n) is 13.6. The van der Waals surface area contributed by atoms with Crippen LogP contribution in [0.2, 0.25) is 0 Å². The molecular formula is C39H68O2. The molecule has 9 atom stereocenters. The Morgan fingerprint density at radius 3 is 2.29 bits per heavy atom. The molecule has 0 spiro atoms. The summed E-state index contributed by atoms with van der Waals surface area (Å²) >= 11 is 0. The predicted molar refractivity (Wildman–Crippen MR) is 175 cm³/mol. The van der Waals surface area contributed by atoms with Gasteiger partial charge in [0, 0.05) is 12.8 Å². The molecule has 0 aromatic rings. The van der Waals surface area contributed by atoms with Gasteiger partial charge in [0.1, 0.15) is 6.10 Å². The monoisotopic (exact) mass is 569 g/mol. The van der Waals surface area contributed by atoms with E-state index in [9.17, 15) is 4.79 Å². The molecule has 4 aliphatic rings. The van der Waals surface area contributed by atoms with Gasteiger partial charge in [-0.1, -0.05) is 118 Å². The molecule has 2 heteroatoms. The summed E-state index contributed by atoms with van der Waals surface area (Å²) in [5.41, 5.74) is 2.52. The zero-order valence-corrected chi connectivity index (χ0v) is 28.4. The van der Waals surface area contributed by atoms with Crippen molar-refractivity contribution >= 4 is 5.97 Å². The van der Waals surface area contributed by atoms with Crippen molar-refractivity contribution in [3.8, 4) is 0 Å². The van der Waals surface area contributed by atoms with Crippen molar-refractivity contribution in [1.82, 2.24) is 0 Å². The van der Waals surface area contributed by atoms with Gasteiger partial charge in [-0.3, -0.25) is 4.79 Å². The van der Waals surface area contributed by atoms with Crippen LogP contribution in [0.25, 0.3) is 0 Å². The number of rotatable bonds is 15. The van der Waals surface area contributed by atoms with Crippen molar-refractivity contribution < 1.29 is 9.53 Å². The van der Waals surface area contributed by atoms with Crippen LogP contribution in [0.1, 0.15) is 170 Å². The summed E-state index contributed by atoms with van der Waals surface area (Å²) < 4.78 is 6.08. The number of esters is 1. The molecule has 0 heterocycles. The summed E-state index contributed by atoms with van der Waals surface area (Å²) in [7, 11) is 0. The first kappa shape index (κ1) is 33.1. The lowest BCUT2D eigenvalue weighted by atomic mass is 9.47. The number of fused-ring (bicyclic) bond motifs is 5. The summed E-state index contributed by atoms with van der Waals surface area (Å²) in [6, 6.07) is 0. The fourth-order valence-electron chi connectivity index (χ4n) is 10.4. The van der Waals surface area contributed by atoms with Gasteiger partial charge in [0.25, 0.3) is 0 Å². The molecule has 236 valence electrons. The van der Waals surface area contributed by atoms with Gasteiger partial charge < -0.3 is 4.74 Å². The molecule has 9 unspecified atom stereocenters. The van der Waals surface area contributed by atoms with Gasteiger partial charge in [-0.25, -0.2) is 0 Å². The van der Waals surface area contributed by atoms with Crippen molar-refractivity contribution in [1.29, 1.82) is 0 Å². The third kappa shape index (κ3) is 7.66. The van der Waals surface area contributed by atoms with E-state index in [1.54, 1.807) is 5.57 Å². The Morgan fingerprint density at radius 1 is 0.878 bits per heavy atom. The number of unbranched alkanes of at least 4 members (excludes halogenated alkanes) is 7. The number of ether oxygens (including phenoxy) is 1. The summed E-state index contributed by atoms with van der Waals surface area (Å²) in [6.07, 6.45) is 26.7. The molecule has 3 saturated carbocycles. The van der Waals surface area contributed by atoms with Gasteiger partial charge in [-0.05, 0) is 104 Å². The average molecular weight is 569 g/mol. The van der Waals surface area contributed by atoms with E-state index in [1.807, 2.05) is 0 Å². The van der Waals surface area contributed by atoms with Gasteiger partial charge in [0.15, 0.2) is 0 Å². The maximum absolute atomic E-state index is 12.7. The first-order valence-electron chi connectivity index (χ1n) is 18.5. The second kappa shape index (κ2) is 14.8. The molecule has 0 amide bonds. The topological polar surface area (TPSA) is 26.3 Å². The highest BCUT2D eigenvalue weighted by atomic mass is 16.5. The van der Waals surface area contributed by atoms with E-state index >= 15 is 0 Å². The SMILES string of the molecule is CCCCCCCCCCC(=O)OC1CCC2(C)C(=CCC3C2CCC2(C)C(C(C)CCC(C)C(C)C)CCC32)C1. The van der Waals surface area contributed by atoms with Crippen LogP contribution in [0, 0.1) is 52.3 Å². The second-order valence-electron chi connectivity index (χ2n) is 16.3. The molecule has 2 nitrogen and oxygen atoms in total. The quantitative estimate of drug-likeness (QED) is 0.112. The van der Waals surface area contributed by atoms with E-state index in [0.29, 0.717) is 17.3 Å². The Hall–Kier alpha value is -0.790. The van der Waals surface area contributed by atoms with Crippen LogP contribution < -0.4 is 0 Å². The van der Waals surface area contributed by atoms with Crippen LogP contribution in [0.4, 0.5) is 0 Å². The Morgan fingerprint density at radius 2 is 1.59 bits per heavy atom. The first-order valence-corrected chi connectivity index (χ1v) is 18.5. The number of carbonyl (C=O) groups excluding carboxylic acids is 1. The molecule has 0 radical (unpaired) electrons. The summed E-state index contributed by atoms with van der Waals surface area (Å²) in [6.45, 7) is 17.4. The van der Waals surface area contributed by atoms with Crippen molar-refractivity contribution in [2.75, 3.05) is 0 Å². The van der Waals surface area contributed by atoms with Crippen LogP contribution in [-0.2, 0) is 9.53 Å². The van der Waals surface area contributed by atoms with Crippen molar-refractivity contribution in [2.45, 2.75) is 177 Å². The van der Waals surface area contributed by atoms with Gasteiger partial charge >= 0.3 is 5.97 Å². The lowest BCUT2D eigenvalue weighted by Crippen LogP contribution is -2.51. The molecule has 0 N–H and O–H groups in total. The smallest absolute Gasteiger partial charge is 0.306 e. The Labute approximate surface area is 255 Å². The van der Waals surface area contributed by atoms with E-state index in [1.165, 1.54) is 96.3 Å². The minimum Gasteiger partial charge on any atom is -0.462 e. The van der Waals surface area contributed by atoms with E-state index in [0.717, 1.165) is 60.7 Å². The Bertz CT molecular complexity index is 858. The molecule has 3 fully saturated rings. The highest BCUT2D eigenvalue weighted by Gasteiger charge is 2.59. The van der Waals surface area contributed by atoms with Gasteiger partial charge in [0.05, 0.1) is 0 Å². The maximum atomic E-state index is 12.7. The van der Waals surface area contributed by atoms with Gasteiger partial charge in [-0.2, -0.15) is 0 Å². The molecule has 4 aliphatic carbocycles. The number of hydrogen-bond donors (Lipinski definition) is 0. The highest BCUT2D eigenvalue weighted by molar-refractivity contribution is 5.69. The van der Waals surface area contributed by atoms with E-state index in [4.69, 9.17) is 4.74 Å². The molecular weight excluding hydrogens is 500 g/mol. The normalized spacial score (nSPS) is 36.2. The largest absolute Gasteiger partial charge is 0.462 e. The fraction of sp³-hybridized carbons (Fsp3) is 0.923. The molecule has 4 rings (SSSR count).